The fourth-order valence-electron chi connectivity index (χ4n) is 3.04. The number of hydrogen-bond donors (Lipinski definition) is 1. The third-order valence-corrected chi connectivity index (χ3v) is 4.49. The number of aryl methyl sites for hydroxylation is 2. The molecular weight excluding hydrogens is 300 g/mol. The predicted molar refractivity (Wildman–Crippen MR) is 90.4 cm³/mol. The van der Waals surface area contributed by atoms with E-state index in [0.717, 1.165) is 41.5 Å². The van der Waals surface area contributed by atoms with E-state index >= 15 is 0 Å². The van der Waals surface area contributed by atoms with Crippen LogP contribution < -0.4 is 5.73 Å². The van der Waals surface area contributed by atoms with Gasteiger partial charge in [0, 0.05) is 30.1 Å². The van der Waals surface area contributed by atoms with Gasteiger partial charge in [0.2, 0.25) is 5.91 Å². The number of likely N-dealkylation sites (tertiary alicyclic amines) is 1. The number of benzene rings is 1. The summed E-state index contributed by atoms with van der Waals surface area (Å²) < 4.78 is 5.67. The molecule has 1 unspecified atom stereocenters. The molecular formula is C17H23ClN2O2. The molecule has 3 rings (SSSR count). The number of nitrogens with two attached hydrogens (primary N) is 1. The van der Waals surface area contributed by atoms with E-state index in [1.54, 1.807) is 6.26 Å². The Hall–Kier alpha value is -1.52. The van der Waals surface area contributed by atoms with E-state index in [1.807, 2.05) is 11.0 Å². The highest BCUT2D eigenvalue weighted by atomic mass is 35.5. The Bertz CT molecular complexity index is 681. The SMILES string of the molecule is Cc1ccc2c(CC(=O)N3CCCC(N)C3)coc2c1C.Cl. The summed E-state index contributed by atoms with van der Waals surface area (Å²) in [6.07, 6.45) is 4.12. The zero-order valence-electron chi connectivity index (χ0n) is 13.1. The Morgan fingerprint density at radius 3 is 2.91 bits per heavy atom. The highest BCUT2D eigenvalue weighted by Gasteiger charge is 2.22. The van der Waals surface area contributed by atoms with Crippen LogP contribution >= 0.6 is 12.4 Å². The molecule has 2 aromatic rings. The van der Waals surface area contributed by atoms with Gasteiger partial charge < -0.3 is 15.1 Å². The first kappa shape index (κ1) is 16.8. The van der Waals surface area contributed by atoms with Crippen LogP contribution in [0.5, 0.6) is 0 Å². The number of hydrogen-bond acceptors (Lipinski definition) is 3. The monoisotopic (exact) mass is 322 g/mol. The Morgan fingerprint density at radius 1 is 1.41 bits per heavy atom. The normalized spacial score (nSPS) is 18.3. The molecule has 1 aliphatic heterocycles. The molecule has 0 bridgehead atoms. The van der Waals surface area contributed by atoms with Crippen molar-refractivity contribution < 1.29 is 9.21 Å². The minimum absolute atomic E-state index is 0. The van der Waals surface area contributed by atoms with Crippen LogP contribution in [0.3, 0.4) is 0 Å². The Kier molecular flexibility index (Phi) is 5.14. The smallest absolute Gasteiger partial charge is 0.227 e. The molecule has 2 heterocycles. The highest BCUT2D eigenvalue weighted by Crippen LogP contribution is 2.27. The summed E-state index contributed by atoms with van der Waals surface area (Å²) in [5, 5.41) is 1.05. The second-order valence-corrected chi connectivity index (χ2v) is 6.06. The zero-order valence-corrected chi connectivity index (χ0v) is 13.9. The van der Waals surface area contributed by atoms with Crippen molar-refractivity contribution in [3.05, 3.63) is 35.1 Å². The van der Waals surface area contributed by atoms with Crippen molar-refractivity contribution >= 4 is 29.3 Å². The lowest BCUT2D eigenvalue weighted by atomic mass is 10.0. The Morgan fingerprint density at radius 2 is 2.18 bits per heavy atom. The van der Waals surface area contributed by atoms with E-state index in [9.17, 15) is 4.79 Å². The number of halogens is 1. The number of fused-ring (bicyclic) bond motifs is 1. The molecule has 0 radical (unpaired) electrons. The van der Waals surface area contributed by atoms with Gasteiger partial charge in [0.15, 0.2) is 0 Å². The van der Waals surface area contributed by atoms with Crippen molar-refractivity contribution in [2.75, 3.05) is 13.1 Å². The van der Waals surface area contributed by atoms with Gasteiger partial charge in [0.05, 0.1) is 12.7 Å². The number of carbonyl (C=O) groups is 1. The number of nitrogens with zero attached hydrogens (tertiary/aromatic N) is 1. The van der Waals surface area contributed by atoms with Gasteiger partial charge in [-0.1, -0.05) is 12.1 Å². The van der Waals surface area contributed by atoms with Crippen molar-refractivity contribution in [1.82, 2.24) is 4.90 Å². The average Bonchev–Trinajstić information content (AvgIpc) is 2.86. The predicted octanol–water partition coefficient (Wildman–Crippen LogP) is 2.96. The van der Waals surface area contributed by atoms with Crippen LogP contribution in [0.15, 0.2) is 22.8 Å². The first-order valence-corrected chi connectivity index (χ1v) is 7.56. The molecule has 1 aromatic carbocycles. The Balaban J connectivity index is 0.00000176. The van der Waals surface area contributed by atoms with Gasteiger partial charge >= 0.3 is 0 Å². The van der Waals surface area contributed by atoms with Crippen LogP contribution in [0, 0.1) is 13.8 Å². The largest absolute Gasteiger partial charge is 0.464 e. The lowest BCUT2D eigenvalue weighted by Gasteiger charge is -2.30. The summed E-state index contributed by atoms with van der Waals surface area (Å²) in [7, 11) is 0. The van der Waals surface area contributed by atoms with Crippen molar-refractivity contribution in [3.63, 3.8) is 0 Å². The Labute approximate surface area is 137 Å². The molecule has 1 atom stereocenters. The van der Waals surface area contributed by atoms with Crippen molar-refractivity contribution in [1.29, 1.82) is 0 Å². The molecule has 0 spiro atoms. The molecule has 22 heavy (non-hydrogen) atoms. The molecule has 1 saturated heterocycles. The third kappa shape index (κ3) is 3.13. The van der Waals surface area contributed by atoms with Crippen LogP contribution in [0.2, 0.25) is 0 Å². The molecule has 120 valence electrons. The number of rotatable bonds is 2. The molecule has 1 aromatic heterocycles. The number of amides is 1. The second kappa shape index (κ2) is 6.71. The van der Waals surface area contributed by atoms with E-state index < -0.39 is 0 Å². The molecule has 4 nitrogen and oxygen atoms in total. The van der Waals surface area contributed by atoms with Crippen molar-refractivity contribution in [3.8, 4) is 0 Å². The third-order valence-electron chi connectivity index (χ3n) is 4.49. The van der Waals surface area contributed by atoms with Crippen LogP contribution in [0.25, 0.3) is 11.0 Å². The fraction of sp³-hybridized carbons (Fsp3) is 0.471. The topological polar surface area (TPSA) is 59.5 Å². The van der Waals surface area contributed by atoms with Gasteiger partial charge in [0.1, 0.15) is 5.58 Å². The zero-order chi connectivity index (χ0) is 15.0. The van der Waals surface area contributed by atoms with E-state index in [4.69, 9.17) is 10.2 Å². The molecule has 0 aliphatic carbocycles. The summed E-state index contributed by atoms with van der Waals surface area (Å²) in [6.45, 7) is 5.61. The van der Waals surface area contributed by atoms with Gasteiger partial charge in [-0.05, 0) is 37.8 Å². The van der Waals surface area contributed by atoms with Crippen LogP contribution in [0.1, 0.15) is 29.5 Å². The first-order chi connectivity index (χ1) is 10.1. The first-order valence-electron chi connectivity index (χ1n) is 7.56. The second-order valence-electron chi connectivity index (χ2n) is 6.06. The van der Waals surface area contributed by atoms with Gasteiger partial charge in [-0.25, -0.2) is 0 Å². The van der Waals surface area contributed by atoms with E-state index in [1.165, 1.54) is 5.56 Å². The maximum Gasteiger partial charge on any atom is 0.227 e. The summed E-state index contributed by atoms with van der Waals surface area (Å²) in [6, 6.07) is 4.25. The van der Waals surface area contributed by atoms with Gasteiger partial charge in [-0.2, -0.15) is 0 Å². The highest BCUT2D eigenvalue weighted by molar-refractivity contribution is 5.89. The maximum absolute atomic E-state index is 12.4. The lowest BCUT2D eigenvalue weighted by molar-refractivity contribution is -0.131. The van der Waals surface area contributed by atoms with Gasteiger partial charge in [-0.3, -0.25) is 4.79 Å². The molecule has 1 amide bonds. The van der Waals surface area contributed by atoms with E-state index in [-0.39, 0.29) is 24.4 Å². The van der Waals surface area contributed by atoms with E-state index in [2.05, 4.69) is 19.9 Å². The van der Waals surface area contributed by atoms with Gasteiger partial charge in [-0.15, -0.1) is 12.4 Å². The van der Waals surface area contributed by atoms with Crippen LogP contribution in [0.4, 0.5) is 0 Å². The average molecular weight is 323 g/mol. The summed E-state index contributed by atoms with van der Waals surface area (Å²) in [4.78, 5) is 14.3. The minimum Gasteiger partial charge on any atom is -0.464 e. The molecule has 1 aliphatic rings. The summed E-state index contributed by atoms with van der Waals surface area (Å²) >= 11 is 0. The maximum atomic E-state index is 12.4. The van der Waals surface area contributed by atoms with E-state index in [0.29, 0.717) is 13.0 Å². The summed E-state index contributed by atoms with van der Waals surface area (Å²) in [5.74, 6) is 0.145. The standard InChI is InChI=1S/C17H22N2O2.ClH/c1-11-5-6-15-13(10-21-17(15)12(11)2)8-16(20)19-7-3-4-14(18)9-19;/h5-6,10,14H,3-4,7-9,18H2,1-2H3;1H. The quantitative estimate of drug-likeness (QED) is 0.924. The molecule has 0 saturated carbocycles. The van der Waals surface area contributed by atoms with Gasteiger partial charge in [0.25, 0.3) is 0 Å². The molecule has 5 heteroatoms. The fourth-order valence-corrected chi connectivity index (χ4v) is 3.04. The summed E-state index contributed by atoms with van der Waals surface area (Å²) in [5.41, 5.74) is 10.2. The molecule has 2 N–H and O–H groups in total. The van der Waals surface area contributed by atoms with Crippen molar-refractivity contribution in [2.45, 2.75) is 39.2 Å². The number of piperidine rings is 1. The minimum atomic E-state index is 0. The lowest BCUT2D eigenvalue weighted by Crippen LogP contribution is -2.46. The van der Waals surface area contributed by atoms with Crippen molar-refractivity contribution in [2.24, 2.45) is 5.73 Å². The van der Waals surface area contributed by atoms with Crippen LogP contribution in [-0.2, 0) is 11.2 Å². The molecule has 1 fully saturated rings. The number of furan rings is 1. The number of carbonyl (C=O) groups excluding carboxylic acids is 1. The van der Waals surface area contributed by atoms with Crippen LogP contribution in [-0.4, -0.2) is 29.9 Å².